The molecular weight excluding hydrogens is 288 g/mol. The Bertz CT molecular complexity index is 392. The van der Waals surface area contributed by atoms with Crippen molar-refractivity contribution < 1.29 is 15.0 Å². The lowest BCUT2D eigenvalue weighted by atomic mass is 10.1. The topological polar surface area (TPSA) is 60.4 Å². The van der Waals surface area contributed by atoms with Gasteiger partial charge in [0.15, 0.2) is 0 Å². The van der Waals surface area contributed by atoms with Crippen molar-refractivity contribution in [3.05, 3.63) is 48.6 Å². The van der Waals surface area contributed by atoms with Gasteiger partial charge in [0.05, 0.1) is 6.10 Å². The predicted molar refractivity (Wildman–Crippen MR) is 94.8 cm³/mol. The Morgan fingerprint density at radius 3 is 1.96 bits per heavy atom. The lowest BCUT2D eigenvalue weighted by Gasteiger charge is -2.09. The van der Waals surface area contributed by atoms with Crippen molar-refractivity contribution in [1.82, 2.24) is 0 Å². The molecule has 3 heteroatoms. The van der Waals surface area contributed by atoms with E-state index in [1.807, 2.05) is 0 Å². The van der Waals surface area contributed by atoms with Crippen molar-refractivity contribution in [2.75, 3.05) is 0 Å². The molecule has 3 nitrogen and oxygen atoms in total. The van der Waals surface area contributed by atoms with Crippen LogP contribution in [0.4, 0.5) is 0 Å². The van der Waals surface area contributed by atoms with E-state index in [0.717, 1.165) is 44.9 Å². The van der Waals surface area contributed by atoms with Gasteiger partial charge in [-0.3, -0.25) is 0 Å². The molecule has 0 saturated carbocycles. The highest BCUT2D eigenvalue weighted by Gasteiger charge is 2.02. The van der Waals surface area contributed by atoms with E-state index in [-0.39, 0.29) is 6.42 Å². The number of aliphatic hydroxyl groups excluding tert-OH is 1. The van der Waals surface area contributed by atoms with E-state index in [1.165, 1.54) is 0 Å². The molecule has 0 aliphatic heterocycles. The van der Waals surface area contributed by atoms with Crippen LogP contribution in [0.5, 0.6) is 0 Å². The minimum absolute atomic E-state index is 0.260. The summed E-state index contributed by atoms with van der Waals surface area (Å²) in [5.74, 6) is -1.18. The maximum atomic E-state index is 10.3. The standard InChI is InChI=1S/C20H32O3/c1-2-3-4-5-6-7-8-9-10-11-12-13-14-15-16-17-19(21)18-20(22)23/h3-4,6-7,9-10,12-13,19,21H,2,5,8,11,14-18H2,1H3,(H,22,23)/p-1/b4-3-,7-6-,10-9-,13-12-. The van der Waals surface area contributed by atoms with Gasteiger partial charge in [-0.05, 0) is 44.9 Å². The molecule has 23 heavy (non-hydrogen) atoms. The fourth-order valence-corrected chi connectivity index (χ4v) is 2.03. The van der Waals surface area contributed by atoms with Crippen molar-refractivity contribution in [3.8, 4) is 0 Å². The second-order valence-electron chi connectivity index (χ2n) is 5.52. The molecule has 0 aliphatic rings. The number of unbranched alkanes of at least 4 members (excludes halogenated alkanes) is 2. The molecule has 0 radical (unpaired) electrons. The normalized spacial score (nSPS) is 13.8. The molecule has 0 bridgehead atoms. The van der Waals surface area contributed by atoms with E-state index in [0.29, 0.717) is 6.42 Å². The van der Waals surface area contributed by atoms with Gasteiger partial charge in [-0.25, -0.2) is 0 Å². The summed E-state index contributed by atoms with van der Waals surface area (Å²) in [6, 6.07) is 0. The molecule has 0 fully saturated rings. The monoisotopic (exact) mass is 319 g/mol. The van der Waals surface area contributed by atoms with Crippen LogP contribution in [0.2, 0.25) is 0 Å². The van der Waals surface area contributed by atoms with E-state index in [2.05, 4.69) is 55.5 Å². The van der Waals surface area contributed by atoms with Crippen LogP contribution in [0, 0.1) is 0 Å². The van der Waals surface area contributed by atoms with Gasteiger partial charge in [0, 0.05) is 12.4 Å². The summed E-state index contributed by atoms with van der Waals surface area (Å²) < 4.78 is 0. The number of carboxylic acids is 1. The Hall–Kier alpha value is -1.61. The van der Waals surface area contributed by atoms with Gasteiger partial charge in [-0.1, -0.05) is 62.0 Å². The molecule has 0 aromatic rings. The summed E-state index contributed by atoms with van der Waals surface area (Å²) in [6.07, 6.45) is 23.6. The van der Waals surface area contributed by atoms with Gasteiger partial charge in [-0.2, -0.15) is 0 Å². The smallest absolute Gasteiger partial charge is 0.0592 e. The van der Waals surface area contributed by atoms with Crippen LogP contribution in [-0.4, -0.2) is 17.2 Å². The van der Waals surface area contributed by atoms with Crippen molar-refractivity contribution in [2.24, 2.45) is 0 Å². The van der Waals surface area contributed by atoms with Gasteiger partial charge in [0.25, 0.3) is 0 Å². The number of carbonyl (C=O) groups is 1. The van der Waals surface area contributed by atoms with Crippen molar-refractivity contribution in [1.29, 1.82) is 0 Å². The Kier molecular flexibility index (Phi) is 15.6. The Morgan fingerprint density at radius 2 is 1.43 bits per heavy atom. The number of hydrogen-bond donors (Lipinski definition) is 1. The minimum Gasteiger partial charge on any atom is -0.550 e. The van der Waals surface area contributed by atoms with E-state index >= 15 is 0 Å². The average Bonchev–Trinajstić information content (AvgIpc) is 2.50. The van der Waals surface area contributed by atoms with Crippen molar-refractivity contribution in [3.63, 3.8) is 0 Å². The first-order valence-electron chi connectivity index (χ1n) is 8.64. The number of rotatable bonds is 14. The highest BCUT2D eigenvalue weighted by atomic mass is 16.4. The SMILES string of the molecule is CC/C=C\C/C=C\C/C=C\C/C=C\CCCCC(O)CC(=O)[O-]. The number of carboxylic acid groups (broad SMARTS) is 1. The third kappa shape index (κ3) is 18.3. The van der Waals surface area contributed by atoms with Crippen LogP contribution in [0.25, 0.3) is 0 Å². The van der Waals surface area contributed by atoms with Gasteiger partial charge in [0.2, 0.25) is 0 Å². The van der Waals surface area contributed by atoms with Gasteiger partial charge < -0.3 is 15.0 Å². The highest BCUT2D eigenvalue weighted by Crippen LogP contribution is 2.07. The molecule has 0 heterocycles. The van der Waals surface area contributed by atoms with Gasteiger partial charge >= 0.3 is 0 Å². The van der Waals surface area contributed by atoms with E-state index in [4.69, 9.17) is 0 Å². The molecule has 0 aromatic heterocycles. The third-order valence-corrected chi connectivity index (χ3v) is 3.28. The number of carbonyl (C=O) groups excluding carboxylic acids is 1. The molecule has 0 saturated heterocycles. The summed E-state index contributed by atoms with van der Waals surface area (Å²) in [5.41, 5.74) is 0. The van der Waals surface area contributed by atoms with Crippen molar-refractivity contribution in [2.45, 2.75) is 70.8 Å². The lowest BCUT2D eigenvalue weighted by molar-refractivity contribution is -0.307. The van der Waals surface area contributed by atoms with Crippen LogP contribution in [0.1, 0.15) is 64.7 Å². The average molecular weight is 319 g/mol. The second-order valence-corrected chi connectivity index (χ2v) is 5.52. The van der Waals surface area contributed by atoms with Crippen LogP contribution >= 0.6 is 0 Å². The largest absolute Gasteiger partial charge is 0.550 e. The molecule has 0 rings (SSSR count). The molecule has 1 unspecified atom stereocenters. The second kappa shape index (κ2) is 16.8. The van der Waals surface area contributed by atoms with Gasteiger partial charge in [-0.15, -0.1) is 0 Å². The number of aliphatic carboxylic acids is 1. The van der Waals surface area contributed by atoms with Crippen molar-refractivity contribution >= 4 is 5.97 Å². The first-order valence-corrected chi connectivity index (χ1v) is 8.64. The molecule has 1 atom stereocenters. The molecular formula is C20H31O3-. The van der Waals surface area contributed by atoms with Gasteiger partial charge in [0.1, 0.15) is 0 Å². The van der Waals surface area contributed by atoms with Crippen LogP contribution < -0.4 is 5.11 Å². The van der Waals surface area contributed by atoms with Crippen LogP contribution in [0.15, 0.2) is 48.6 Å². The summed E-state index contributed by atoms with van der Waals surface area (Å²) in [7, 11) is 0. The zero-order valence-electron chi connectivity index (χ0n) is 14.3. The molecule has 0 aliphatic carbocycles. The van der Waals surface area contributed by atoms with Crippen LogP contribution in [0.3, 0.4) is 0 Å². The third-order valence-electron chi connectivity index (χ3n) is 3.28. The summed E-state index contributed by atoms with van der Waals surface area (Å²) in [5, 5.41) is 19.6. The Balaban J connectivity index is 3.45. The number of hydrogen-bond acceptors (Lipinski definition) is 3. The zero-order chi connectivity index (χ0) is 17.2. The fourth-order valence-electron chi connectivity index (χ4n) is 2.03. The highest BCUT2D eigenvalue weighted by molar-refractivity contribution is 5.64. The summed E-state index contributed by atoms with van der Waals surface area (Å²) in [4.78, 5) is 10.3. The Morgan fingerprint density at radius 1 is 0.913 bits per heavy atom. The minimum atomic E-state index is -1.18. The van der Waals surface area contributed by atoms with E-state index in [1.54, 1.807) is 0 Å². The number of allylic oxidation sites excluding steroid dienone is 8. The molecule has 130 valence electrons. The molecule has 1 N–H and O–H groups in total. The predicted octanol–water partition coefficient (Wildman–Crippen LogP) is 3.85. The summed E-state index contributed by atoms with van der Waals surface area (Å²) >= 11 is 0. The molecule has 0 spiro atoms. The fraction of sp³-hybridized carbons (Fsp3) is 0.550. The Labute approximate surface area is 141 Å². The first-order chi connectivity index (χ1) is 11.2. The number of aliphatic hydroxyl groups is 1. The van der Waals surface area contributed by atoms with E-state index in [9.17, 15) is 15.0 Å². The molecule has 0 amide bonds. The molecule has 0 aromatic carbocycles. The van der Waals surface area contributed by atoms with Crippen LogP contribution in [-0.2, 0) is 4.79 Å². The summed E-state index contributed by atoms with van der Waals surface area (Å²) in [6.45, 7) is 2.14. The maximum Gasteiger partial charge on any atom is 0.0592 e. The maximum absolute atomic E-state index is 10.3. The quantitative estimate of drug-likeness (QED) is 0.391. The van der Waals surface area contributed by atoms with E-state index < -0.39 is 12.1 Å². The zero-order valence-corrected chi connectivity index (χ0v) is 14.3. The first kappa shape index (κ1) is 21.4. The lowest BCUT2D eigenvalue weighted by Crippen LogP contribution is -2.27.